The van der Waals surface area contributed by atoms with Crippen LogP contribution in [0.3, 0.4) is 0 Å². The van der Waals surface area contributed by atoms with E-state index in [0.29, 0.717) is 11.1 Å². The Morgan fingerprint density at radius 3 is 1.62 bits per heavy atom. The molecule has 0 amide bonds. The van der Waals surface area contributed by atoms with Crippen molar-refractivity contribution in [2.24, 2.45) is 0 Å². The fourth-order valence-corrected chi connectivity index (χ4v) is 2.58. The minimum Gasteiger partial charge on any atom is -0.304 e. The second kappa shape index (κ2) is 3.31. The summed E-state index contributed by atoms with van der Waals surface area (Å²) in [5, 5.41) is 0. The molecular weight excluding hydrogens is 188 g/mol. The highest BCUT2D eigenvalue weighted by Gasteiger charge is 2.20. The van der Waals surface area contributed by atoms with E-state index >= 15 is 0 Å². The van der Waals surface area contributed by atoms with Gasteiger partial charge >= 0.3 is 0 Å². The molecule has 0 atom stereocenters. The highest BCUT2D eigenvalue weighted by Crippen LogP contribution is 2.47. The monoisotopic (exact) mass is 202 g/mol. The first-order valence-electron chi connectivity index (χ1n) is 3.91. The van der Waals surface area contributed by atoms with E-state index in [0.717, 1.165) is 5.56 Å². The maximum absolute atomic E-state index is 9.14. The van der Waals surface area contributed by atoms with Gasteiger partial charge in [-0.05, 0) is 31.9 Å². The zero-order chi connectivity index (χ0) is 10.2. The van der Waals surface area contributed by atoms with E-state index in [4.69, 9.17) is 13.7 Å². The molecule has 0 aliphatic rings. The number of hydrogen-bond acceptors (Lipinski definition) is 3. The van der Waals surface area contributed by atoms with Gasteiger partial charge < -0.3 is 13.7 Å². The lowest BCUT2D eigenvalue weighted by Crippen LogP contribution is -2.01. The van der Waals surface area contributed by atoms with Crippen LogP contribution in [-0.2, 0) is 0 Å². The fraction of sp³-hybridized carbons (Fsp3) is 0.333. The van der Waals surface area contributed by atoms with Crippen molar-refractivity contribution in [2.75, 3.05) is 0 Å². The SMILES string of the molecule is Cc1cc(C)c(S(O)(O)O)c(C)c1. The normalized spacial score (nSPS) is 13.1. The van der Waals surface area contributed by atoms with Gasteiger partial charge in [0.2, 0.25) is 0 Å². The van der Waals surface area contributed by atoms with Crippen LogP contribution in [0.15, 0.2) is 17.0 Å². The van der Waals surface area contributed by atoms with Crippen LogP contribution >= 0.6 is 10.9 Å². The molecule has 0 aliphatic heterocycles. The van der Waals surface area contributed by atoms with Gasteiger partial charge in [0.25, 0.3) is 0 Å². The summed E-state index contributed by atoms with van der Waals surface area (Å²) in [6, 6.07) is 3.62. The molecule has 3 nitrogen and oxygen atoms in total. The molecule has 1 rings (SSSR count). The van der Waals surface area contributed by atoms with Gasteiger partial charge in [-0.2, -0.15) is 0 Å². The first kappa shape index (κ1) is 10.5. The molecule has 13 heavy (non-hydrogen) atoms. The van der Waals surface area contributed by atoms with Gasteiger partial charge in [-0.1, -0.05) is 17.7 Å². The van der Waals surface area contributed by atoms with Crippen molar-refractivity contribution in [2.45, 2.75) is 25.7 Å². The van der Waals surface area contributed by atoms with E-state index in [1.54, 1.807) is 13.8 Å². The van der Waals surface area contributed by atoms with E-state index in [1.165, 1.54) is 0 Å². The Bertz CT molecular complexity index is 305. The van der Waals surface area contributed by atoms with Crippen molar-refractivity contribution >= 4 is 10.9 Å². The Labute approximate surface area is 79.6 Å². The van der Waals surface area contributed by atoms with Crippen LogP contribution < -0.4 is 0 Å². The third kappa shape index (κ3) is 2.22. The van der Waals surface area contributed by atoms with Gasteiger partial charge in [0.15, 0.2) is 0 Å². The van der Waals surface area contributed by atoms with Crippen LogP contribution in [0.4, 0.5) is 0 Å². The molecule has 4 heteroatoms. The third-order valence-corrected chi connectivity index (χ3v) is 3.07. The summed E-state index contributed by atoms with van der Waals surface area (Å²) < 4.78 is 27.4. The molecule has 0 unspecified atom stereocenters. The molecule has 0 radical (unpaired) electrons. The van der Waals surface area contributed by atoms with Gasteiger partial charge in [0.05, 0.1) is 4.90 Å². The van der Waals surface area contributed by atoms with Gasteiger partial charge in [-0.25, -0.2) is 0 Å². The lowest BCUT2D eigenvalue weighted by atomic mass is 10.1. The summed E-state index contributed by atoms with van der Waals surface area (Å²) >= 11 is 0. The van der Waals surface area contributed by atoms with Crippen LogP contribution in [0.25, 0.3) is 0 Å². The predicted octanol–water partition coefficient (Wildman–Crippen LogP) is 3.19. The van der Waals surface area contributed by atoms with Crippen molar-refractivity contribution in [1.29, 1.82) is 0 Å². The zero-order valence-corrected chi connectivity index (χ0v) is 8.72. The molecule has 0 fully saturated rings. The quantitative estimate of drug-likeness (QED) is 0.655. The van der Waals surface area contributed by atoms with Gasteiger partial charge in [0.1, 0.15) is 10.9 Å². The van der Waals surface area contributed by atoms with Crippen LogP contribution in [0.2, 0.25) is 0 Å². The topological polar surface area (TPSA) is 60.7 Å². The second-order valence-electron chi connectivity index (χ2n) is 3.25. The summed E-state index contributed by atoms with van der Waals surface area (Å²) in [6.45, 7) is 5.42. The Kier molecular flexibility index (Phi) is 2.68. The molecule has 0 spiro atoms. The Morgan fingerprint density at radius 2 is 1.31 bits per heavy atom. The molecular formula is C9H14O3S. The second-order valence-corrected chi connectivity index (χ2v) is 4.69. The van der Waals surface area contributed by atoms with Crippen molar-refractivity contribution in [3.05, 3.63) is 28.8 Å². The van der Waals surface area contributed by atoms with E-state index < -0.39 is 10.9 Å². The molecule has 1 aromatic carbocycles. The smallest absolute Gasteiger partial charge is 0.113 e. The highest BCUT2D eigenvalue weighted by molar-refractivity contribution is 8.19. The average Bonchev–Trinajstić information content (AvgIpc) is 1.78. The number of rotatable bonds is 1. The molecule has 0 saturated heterocycles. The molecule has 0 aliphatic carbocycles. The van der Waals surface area contributed by atoms with Crippen LogP contribution in [-0.4, -0.2) is 13.7 Å². The Hall–Kier alpha value is -0.550. The number of benzene rings is 1. The fourth-order valence-electron chi connectivity index (χ4n) is 1.60. The first-order chi connectivity index (χ1) is 5.82. The Morgan fingerprint density at radius 1 is 0.923 bits per heavy atom. The van der Waals surface area contributed by atoms with Gasteiger partial charge in [-0.15, -0.1) is 0 Å². The first-order valence-corrected chi connectivity index (χ1v) is 5.41. The Balaban J connectivity index is 3.38. The molecule has 3 N–H and O–H groups in total. The van der Waals surface area contributed by atoms with Crippen molar-refractivity contribution in [1.82, 2.24) is 0 Å². The molecule has 0 saturated carbocycles. The maximum Gasteiger partial charge on any atom is 0.113 e. The summed E-state index contributed by atoms with van der Waals surface area (Å²) in [5.41, 5.74) is 2.46. The van der Waals surface area contributed by atoms with Crippen LogP contribution in [0, 0.1) is 20.8 Å². The van der Waals surface area contributed by atoms with E-state index in [-0.39, 0.29) is 4.90 Å². The maximum atomic E-state index is 9.14. The molecule has 0 aromatic heterocycles. The molecule has 0 heterocycles. The molecule has 0 bridgehead atoms. The predicted molar refractivity (Wildman–Crippen MR) is 54.4 cm³/mol. The lowest BCUT2D eigenvalue weighted by Gasteiger charge is -2.23. The molecule has 74 valence electrons. The number of aryl methyl sites for hydroxylation is 3. The van der Waals surface area contributed by atoms with Crippen molar-refractivity contribution in [3.8, 4) is 0 Å². The van der Waals surface area contributed by atoms with Crippen molar-refractivity contribution in [3.63, 3.8) is 0 Å². The largest absolute Gasteiger partial charge is 0.304 e. The summed E-state index contributed by atoms with van der Waals surface area (Å²) in [6.07, 6.45) is 0. The van der Waals surface area contributed by atoms with Crippen LogP contribution in [0.1, 0.15) is 16.7 Å². The highest BCUT2D eigenvalue weighted by atomic mass is 32.3. The van der Waals surface area contributed by atoms with Gasteiger partial charge in [0, 0.05) is 0 Å². The minimum absolute atomic E-state index is 0.248. The minimum atomic E-state index is -3.58. The summed E-state index contributed by atoms with van der Waals surface area (Å²) in [5.74, 6) is 0. The number of hydrogen-bond donors (Lipinski definition) is 3. The van der Waals surface area contributed by atoms with Crippen molar-refractivity contribution < 1.29 is 13.7 Å². The zero-order valence-electron chi connectivity index (χ0n) is 7.90. The van der Waals surface area contributed by atoms with E-state index in [9.17, 15) is 0 Å². The summed E-state index contributed by atoms with van der Waals surface area (Å²) in [7, 11) is -3.58. The standard InChI is InChI=1S/C9H14O3S/c1-6-4-7(2)9(8(3)5-6)13(10,11)12/h4-5,10-12H,1-3H3. The summed E-state index contributed by atoms with van der Waals surface area (Å²) in [4.78, 5) is 0.248. The van der Waals surface area contributed by atoms with E-state index in [2.05, 4.69) is 0 Å². The van der Waals surface area contributed by atoms with E-state index in [1.807, 2.05) is 19.1 Å². The third-order valence-electron chi connectivity index (χ3n) is 1.88. The van der Waals surface area contributed by atoms with Gasteiger partial charge in [-0.3, -0.25) is 0 Å². The average molecular weight is 202 g/mol. The van der Waals surface area contributed by atoms with Crippen LogP contribution in [0.5, 0.6) is 0 Å². The lowest BCUT2D eigenvalue weighted by molar-refractivity contribution is 0.375. The molecule has 1 aromatic rings.